The van der Waals surface area contributed by atoms with Gasteiger partial charge in [0.25, 0.3) is 0 Å². The molecule has 1 aliphatic rings. The third-order valence-electron chi connectivity index (χ3n) is 2.97. The molecule has 96 valence electrons. The first-order valence-electron chi connectivity index (χ1n) is 5.74. The van der Waals surface area contributed by atoms with Gasteiger partial charge in [-0.15, -0.1) is 0 Å². The van der Waals surface area contributed by atoms with Crippen molar-refractivity contribution in [3.05, 3.63) is 11.8 Å². The molecule has 0 aliphatic carbocycles. The Bertz CT molecular complexity index is 297. The first-order chi connectivity index (χ1) is 8.25. The zero-order valence-corrected chi connectivity index (χ0v) is 11.0. The monoisotopic (exact) mass is 256 g/mol. The van der Waals surface area contributed by atoms with Crippen LogP contribution in [-0.4, -0.2) is 44.3 Å². The molecule has 1 aliphatic heterocycles. The van der Waals surface area contributed by atoms with E-state index in [9.17, 15) is 4.79 Å². The summed E-state index contributed by atoms with van der Waals surface area (Å²) in [6, 6.07) is 0. The Hall–Kier alpha value is -0.810. The second-order valence-corrected chi connectivity index (χ2v) is 5.04. The lowest BCUT2D eigenvalue weighted by Gasteiger charge is -2.32. The van der Waals surface area contributed by atoms with Crippen LogP contribution >= 0.6 is 11.8 Å². The number of carbonyl (C=O) groups is 1. The smallest absolute Gasteiger partial charge is 0.132 e. The number of aliphatic imine (C=N–C) groups is 1. The number of carbonyl (C=O) groups excluding carboxylic acids is 1. The van der Waals surface area contributed by atoms with Crippen LogP contribution in [-0.2, 0) is 9.53 Å². The first kappa shape index (κ1) is 14.3. The molecule has 0 saturated carbocycles. The topological polar surface area (TPSA) is 64.7 Å². The van der Waals surface area contributed by atoms with Crippen LogP contribution in [0.5, 0.6) is 0 Å². The number of thioether (sulfide) groups is 1. The van der Waals surface area contributed by atoms with Gasteiger partial charge in [0.2, 0.25) is 0 Å². The number of hydrogen-bond donors (Lipinski definition) is 1. The molecule has 1 fully saturated rings. The molecule has 0 aromatic heterocycles. The van der Waals surface area contributed by atoms with Crippen LogP contribution in [0.1, 0.15) is 12.8 Å². The summed E-state index contributed by atoms with van der Waals surface area (Å²) in [7, 11) is 0. The SMILES string of the molecule is CSCCN=CC=C(N)C1(C=O)CCOCC1. The van der Waals surface area contributed by atoms with Crippen molar-refractivity contribution in [1.82, 2.24) is 0 Å². The van der Waals surface area contributed by atoms with E-state index >= 15 is 0 Å². The number of hydrogen-bond acceptors (Lipinski definition) is 5. The molecule has 0 amide bonds. The molecule has 1 saturated heterocycles. The van der Waals surface area contributed by atoms with E-state index in [1.807, 2.05) is 6.26 Å². The fourth-order valence-electron chi connectivity index (χ4n) is 1.73. The third-order valence-corrected chi connectivity index (χ3v) is 3.56. The summed E-state index contributed by atoms with van der Waals surface area (Å²) in [5, 5.41) is 0. The Morgan fingerprint density at radius 1 is 1.53 bits per heavy atom. The highest BCUT2D eigenvalue weighted by molar-refractivity contribution is 7.98. The largest absolute Gasteiger partial charge is 0.401 e. The van der Waals surface area contributed by atoms with Gasteiger partial charge in [0, 0.05) is 37.4 Å². The molecule has 5 heteroatoms. The molecule has 17 heavy (non-hydrogen) atoms. The molecule has 0 unspecified atom stereocenters. The van der Waals surface area contributed by atoms with Gasteiger partial charge in [-0.3, -0.25) is 4.99 Å². The highest BCUT2D eigenvalue weighted by Crippen LogP contribution is 2.32. The van der Waals surface area contributed by atoms with Gasteiger partial charge in [-0.05, 0) is 25.2 Å². The van der Waals surface area contributed by atoms with Gasteiger partial charge < -0.3 is 15.3 Å². The second-order valence-electron chi connectivity index (χ2n) is 4.06. The molecule has 0 aromatic rings. The Kier molecular flexibility index (Phi) is 6.29. The van der Waals surface area contributed by atoms with E-state index in [2.05, 4.69) is 4.99 Å². The number of allylic oxidation sites excluding steroid dienone is 2. The van der Waals surface area contributed by atoms with Crippen molar-refractivity contribution in [2.45, 2.75) is 12.8 Å². The van der Waals surface area contributed by atoms with Crippen molar-refractivity contribution < 1.29 is 9.53 Å². The maximum absolute atomic E-state index is 11.2. The average molecular weight is 256 g/mol. The molecule has 0 radical (unpaired) electrons. The van der Waals surface area contributed by atoms with Crippen molar-refractivity contribution in [2.24, 2.45) is 16.1 Å². The molecule has 1 heterocycles. The highest BCUT2D eigenvalue weighted by atomic mass is 32.2. The summed E-state index contributed by atoms with van der Waals surface area (Å²) in [6.45, 7) is 1.97. The zero-order valence-electron chi connectivity index (χ0n) is 10.2. The minimum Gasteiger partial charge on any atom is -0.401 e. The quantitative estimate of drug-likeness (QED) is 0.441. The molecule has 2 N–H and O–H groups in total. The summed E-state index contributed by atoms with van der Waals surface area (Å²) in [4.78, 5) is 15.4. The summed E-state index contributed by atoms with van der Waals surface area (Å²) >= 11 is 1.75. The molecule has 0 bridgehead atoms. The minimum atomic E-state index is -0.538. The van der Waals surface area contributed by atoms with Crippen LogP contribution in [0.2, 0.25) is 0 Å². The van der Waals surface area contributed by atoms with Crippen molar-refractivity contribution in [1.29, 1.82) is 0 Å². The van der Waals surface area contributed by atoms with Gasteiger partial charge in [0.1, 0.15) is 6.29 Å². The fraction of sp³-hybridized carbons (Fsp3) is 0.667. The molecular weight excluding hydrogens is 236 g/mol. The van der Waals surface area contributed by atoms with Crippen molar-refractivity contribution in [3.63, 3.8) is 0 Å². The molecule has 0 spiro atoms. The molecule has 0 atom stereocenters. The minimum absolute atomic E-state index is 0.538. The predicted octanol–water partition coefficient (Wildman–Crippen LogP) is 1.26. The summed E-state index contributed by atoms with van der Waals surface area (Å²) in [6.07, 6.45) is 7.78. The van der Waals surface area contributed by atoms with Gasteiger partial charge in [-0.1, -0.05) is 0 Å². The number of nitrogens with two attached hydrogens (primary N) is 1. The van der Waals surface area contributed by atoms with Crippen molar-refractivity contribution in [2.75, 3.05) is 31.8 Å². The third kappa shape index (κ3) is 4.16. The number of ether oxygens (including phenoxy) is 1. The summed E-state index contributed by atoms with van der Waals surface area (Å²) in [5.41, 5.74) is 6.05. The number of nitrogens with zero attached hydrogens (tertiary/aromatic N) is 1. The standard InChI is InChI=1S/C12H20N2O2S/c1-17-9-6-14-5-2-11(13)12(10-15)3-7-16-8-4-12/h2,5,10H,3-4,6-9,13H2,1H3. The van der Waals surface area contributed by atoms with Crippen LogP contribution < -0.4 is 5.73 Å². The lowest BCUT2D eigenvalue weighted by atomic mass is 9.79. The number of aldehydes is 1. The van der Waals surface area contributed by atoms with Crippen LogP contribution in [0.25, 0.3) is 0 Å². The Labute approximate surface area is 107 Å². The van der Waals surface area contributed by atoms with Crippen LogP contribution in [0, 0.1) is 5.41 Å². The van der Waals surface area contributed by atoms with Gasteiger partial charge in [0.05, 0.1) is 5.41 Å². The molecule has 4 nitrogen and oxygen atoms in total. The van der Waals surface area contributed by atoms with E-state index in [-0.39, 0.29) is 0 Å². The van der Waals surface area contributed by atoms with E-state index in [0.717, 1.165) is 18.6 Å². The normalized spacial score (nSPS) is 20.6. The number of rotatable bonds is 6. The van der Waals surface area contributed by atoms with E-state index in [1.165, 1.54) is 0 Å². The van der Waals surface area contributed by atoms with Gasteiger partial charge in [0.15, 0.2) is 0 Å². The van der Waals surface area contributed by atoms with Crippen LogP contribution in [0.4, 0.5) is 0 Å². The Morgan fingerprint density at radius 3 is 2.82 bits per heavy atom. The molecular formula is C12H20N2O2S. The molecule has 0 aromatic carbocycles. The first-order valence-corrected chi connectivity index (χ1v) is 7.13. The van der Waals surface area contributed by atoms with Crippen molar-refractivity contribution >= 4 is 24.3 Å². The Balaban J connectivity index is 2.58. The maximum Gasteiger partial charge on any atom is 0.132 e. The lowest BCUT2D eigenvalue weighted by molar-refractivity contribution is -0.118. The van der Waals surface area contributed by atoms with Crippen LogP contribution in [0.15, 0.2) is 16.8 Å². The van der Waals surface area contributed by atoms with Gasteiger partial charge >= 0.3 is 0 Å². The summed E-state index contributed by atoms with van der Waals surface area (Å²) in [5.74, 6) is 0.997. The predicted molar refractivity (Wildman–Crippen MR) is 72.6 cm³/mol. The van der Waals surface area contributed by atoms with Gasteiger partial charge in [-0.25, -0.2) is 0 Å². The van der Waals surface area contributed by atoms with Gasteiger partial charge in [-0.2, -0.15) is 11.8 Å². The van der Waals surface area contributed by atoms with E-state index in [1.54, 1.807) is 24.1 Å². The van der Waals surface area contributed by atoms with E-state index < -0.39 is 5.41 Å². The van der Waals surface area contributed by atoms with Crippen molar-refractivity contribution in [3.8, 4) is 0 Å². The zero-order chi connectivity index (χ0) is 12.6. The summed E-state index contributed by atoms with van der Waals surface area (Å²) < 4.78 is 5.26. The lowest BCUT2D eigenvalue weighted by Crippen LogP contribution is -2.36. The Morgan fingerprint density at radius 2 is 2.24 bits per heavy atom. The van der Waals surface area contributed by atoms with E-state index in [0.29, 0.717) is 31.8 Å². The maximum atomic E-state index is 11.2. The average Bonchev–Trinajstić information content (AvgIpc) is 2.39. The van der Waals surface area contributed by atoms with E-state index in [4.69, 9.17) is 10.5 Å². The second kappa shape index (κ2) is 7.50. The molecule has 1 rings (SSSR count). The van der Waals surface area contributed by atoms with Crippen LogP contribution in [0.3, 0.4) is 0 Å². The fourth-order valence-corrected chi connectivity index (χ4v) is 2.02. The highest BCUT2D eigenvalue weighted by Gasteiger charge is 2.34.